The molecule has 0 aromatic rings. The smallest absolute Gasteiger partial charge is 0.153 e. The molecule has 2 aliphatic heterocycles. The highest BCUT2D eigenvalue weighted by atomic mass is 32.2. The van der Waals surface area contributed by atoms with Crippen LogP contribution < -0.4 is 5.32 Å². The molecule has 2 atom stereocenters. The van der Waals surface area contributed by atoms with Gasteiger partial charge in [0.1, 0.15) is 5.78 Å². The summed E-state index contributed by atoms with van der Waals surface area (Å²) in [4.78, 5) is 12.4. The van der Waals surface area contributed by atoms with E-state index >= 15 is 0 Å². The number of ether oxygens (including phenoxy) is 1. The van der Waals surface area contributed by atoms with Crippen LogP contribution in [0.3, 0.4) is 0 Å². The summed E-state index contributed by atoms with van der Waals surface area (Å²) in [6, 6.07) is -0.193. The van der Waals surface area contributed by atoms with Gasteiger partial charge in [-0.1, -0.05) is 0 Å². The first-order chi connectivity index (χ1) is 9.48. The number of sulfone groups is 1. The SMILES string of the molecule is O=C(CC1CS(=O)(=O)CCN1)C1CCOC2(CCC2)C1. The molecule has 3 aliphatic rings. The van der Waals surface area contributed by atoms with E-state index in [9.17, 15) is 13.2 Å². The summed E-state index contributed by atoms with van der Waals surface area (Å²) >= 11 is 0. The van der Waals surface area contributed by atoms with Gasteiger partial charge in [0.25, 0.3) is 0 Å². The van der Waals surface area contributed by atoms with Gasteiger partial charge < -0.3 is 10.1 Å². The van der Waals surface area contributed by atoms with Crippen LogP contribution in [0.4, 0.5) is 0 Å². The highest BCUT2D eigenvalue weighted by Crippen LogP contribution is 2.44. The number of rotatable bonds is 3. The van der Waals surface area contributed by atoms with Crippen molar-refractivity contribution in [3.8, 4) is 0 Å². The molecule has 2 saturated heterocycles. The molecule has 6 heteroatoms. The predicted octanol–water partition coefficient (Wildman–Crippen LogP) is 0.681. The van der Waals surface area contributed by atoms with Crippen LogP contribution in [0.25, 0.3) is 0 Å². The second-order valence-corrected chi connectivity index (χ2v) is 8.74. The lowest BCUT2D eigenvalue weighted by Crippen LogP contribution is -2.49. The van der Waals surface area contributed by atoms with Crippen molar-refractivity contribution >= 4 is 15.6 Å². The largest absolute Gasteiger partial charge is 0.375 e. The van der Waals surface area contributed by atoms with Crippen LogP contribution in [-0.4, -0.2) is 50.5 Å². The van der Waals surface area contributed by atoms with Gasteiger partial charge in [0.15, 0.2) is 9.84 Å². The molecule has 0 radical (unpaired) electrons. The Morgan fingerprint density at radius 3 is 2.80 bits per heavy atom. The molecule has 1 saturated carbocycles. The van der Waals surface area contributed by atoms with Crippen LogP contribution in [-0.2, 0) is 19.4 Å². The fraction of sp³-hybridized carbons (Fsp3) is 0.929. The lowest BCUT2D eigenvalue weighted by molar-refractivity contribution is -0.155. The maximum atomic E-state index is 12.4. The van der Waals surface area contributed by atoms with E-state index < -0.39 is 9.84 Å². The molecule has 0 bridgehead atoms. The summed E-state index contributed by atoms with van der Waals surface area (Å²) in [5, 5.41) is 3.16. The molecule has 20 heavy (non-hydrogen) atoms. The van der Waals surface area contributed by atoms with E-state index in [4.69, 9.17) is 4.74 Å². The number of ketones is 1. The fourth-order valence-electron chi connectivity index (χ4n) is 3.63. The zero-order valence-electron chi connectivity index (χ0n) is 11.8. The third kappa shape index (κ3) is 3.07. The average Bonchev–Trinajstić information content (AvgIpc) is 2.36. The van der Waals surface area contributed by atoms with E-state index in [1.807, 2.05) is 0 Å². The van der Waals surface area contributed by atoms with E-state index in [1.54, 1.807) is 0 Å². The van der Waals surface area contributed by atoms with Crippen LogP contribution >= 0.6 is 0 Å². The molecular formula is C14H23NO4S. The Hall–Kier alpha value is -0.460. The van der Waals surface area contributed by atoms with E-state index in [-0.39, 0.29) is 34.8 Å². The van der Waals surface area contributed by atoms with Gasteiger partial charge in [-0.05, 0) is 32.1 Å². The standard InChI is InChI=1S/C14H23NO4S/c16-13(8-12-10-20(17,18)7-5-15-12)11-2-6-19-14(9-11)3-1-4-14/h11-12,15H,1-10H2. The quantitative estimate of drug-likeness (QED) is 0.830. The van der Waals surface area contributed by atoms with Crippen LogP contribution in [0.5, 0.6) is 0 Å². The lowest BCUT2D eigenvalue weighted by Gasteiger charge is -2.47. The molecule has 2 unspecified atom stereocenters. The Morgan fingerprint density at radius 1 is 1.35 bits per heavy atom. The Balaban J connectivity index is 1.56. The molecule has 0 aromatic heterocycles. The Morgan fingerprint density at radius 2 is 2.15 bits per heavy atom. The highest BCUT2D eigenvalue weighted by molar-refractivity contribution is 7.91. The van der Waals surface area contributed by atoms with E-state index in [0.717, 1.165) is 25.7 Å². The highest BCUT2D eigenvalue weighted by Gasteiger charge is 2.44. The zero-order chi connectivity index (χ0) is 14.2. The van der Waals surface area contributed by atoms with Crippen LogP contribution in [0.2, 0.25) is 0 Å². The molecule has 114 valence electrons. The van der Waals surface area contributed by atoms with Crippen molar-refractivity contribution in [3.05, 3.63) is 0 Å². The fourth-order valence-corrected chi connectivity index (χ4v) is 5.07. The molecule has 1 N–H and O–H groups in total. The molecule has 1 aliphatic carbocycles. The molecule has 3 rings (SSSR count). The molecule has 0 amide bonds. The van der Waals surface area contributed by atoms with Crippen molar-refractivity contribution in [3.63, 3.8) is 0 Å². The van der Waals surface area contributed by atoms with Crippen LogP contribution in [0, 0.1) is 5.92 Å². The van der Waals surface area contributed by atoms with Crippen molar-refractivity contribution in [1.82, 2.24) is 5.32 Å². The normalized spacial score (nSPS) is 35.4. The van der Waals surface area contributed by atoms with Gasteiger partial charge in [0, 0.05) is 31.5 Å². The zero-order valence-corrected chi connectivity index (χ0v) is 12.6. The number of carbonyl (C=O) groups excluding carboxylic acids is 1. The molecule has 1 spiro atoms. The lowest BCUT2D eigenvalue weighted by atomic mass is 9.71. The average molecular weight is 301 g/mol. The van der Waals surface area contributed by atoms with Gasteiger partial charge in [-0.15, -0.1) is 0 Å². The van der Waals surface area contributed by atoms with Gasteiger partial charge in [0.2, 0.25) is 0 Å². The molecule has 0 aromatic carbocycles. The Bertz CT molecular complexity index is 483. The molecule has 3 fully saturated rings. The number of carbonyl (C=O) groups is 1. The van der Waals surface area contributed by atoms with Gasteiger partial charge in [-0.2, -0.15) is 0 Å². The summed E-state index contributed by atoms with van der Waals surface area (Å²) in [6.07, 6.45) is 5.33. The maximum absolute atomic E-state index is 12.4. The van der Waals surface area contributed by atoms with Crippen molar-refractivity contribution in [2.75, 3.05) is 24.7 Å². The van der Waals surface area contributed by atoms with Gasteiger partial charge in [-0.25, -0.2) is 8.42 Å². The van der Waals surface area contributed by atoms with Crippen LogP contribution in [0.15, 0.2) is 0 Å². The minimum absolute atomic E-state index is 0.0232. The molecule has 2 heterocycles. The summed E-state index contributed by atoms with van der Waals surface area (Å²) in [6.45, 7) is 1.14. The van der Waals surface area contributed by atoms with E-state index in [2.05, 4.69) is 5.32 Å². The third-order valence-electron chi connectivity index (χ3n) is 4.96. The minimum atomic E-state index is -2.96. The predicted molar refractivity (Wildman–Crippen MR) is 75.3 cm³/mol. The summed E-state index contributed by atoms with van der Waals surface area (Å²) in [5.74, 6) is 0.579. The number of nitrogens with one attached hydrogen (secondary N) is 1. The number of hydrogen-bond acceptors (Lipinski definition) is 5. The van der Waals surface area contributed by atoms with E-state index in [1.165, 1.54) is 6.42 Å². The monoisotopic (exact) mass is 301 g/mol. The summed E-state index contributed by atoms with van der Waals surface area (Å²) in [5.41, 5.74) is -0.0232. The van der Waals surface area contributed by atoms with Crippen LogP contribution in [0.1, 0.15) is 38.5 Å². The van der Waals surface area contributed by atoms with Crippen molar-refractivity contribution in [2.24, 2.45) is 5.92 Å². The second-order valence-electron chi connectivity index (χ2n) is 6.51. The molecule has 5 nitrogen and oxygen atoms in total. The van der Waals surface area contributed by atoms with Gasteiger partial charge in [-0.3, -0.25) is 4.79 Å². The van der Waals surface area contributed by atoms with Crippen molar-refractivity contribution < 1.29 is 17.9 Å². The minimum Gasteiger partial charge on any atom is -0.375 e. The van der Waals surface area contributed by atoms with Gasteiger partial charge >= 0.3 is 0 Å². The third-order valence-corrected chi connectivity index (χ3v) is 6.70. The summed E-state index contributed by atoms with van der Waals surface area (Å²) < 4.78 is 29.1. The first kappa shape index (κ1) is 14.5. The van der Waals surface area contributed by atoms with Gasteiger partial charge in [0.05, 0.1) is 17.1 Å². The van der Waals surface area contributed by atoms with Crippen molar-refractivity contribution in [1.29, 1.82) is 0 Å². The Kier molecular flexibility index (Phi) is 3.90. The maximum Gasteiger partial charge on any atom is 0.153 e. The Labute approximate surface area is 120 Å². The first-order valence-corrected chi connectivity index (χ1v) is 9.41. The second kappa shape index (κ2) is 5.39. The molecular weight excluding hydrogens is 278 g/mol. The summed E-state index contributed by atoms with van der Waals surface area (Å²) in [7, 11) is -2.96. The first-order valence-electron chi connectivity index (χ1n) is 7.59. The number of Topliss-reactive ketones (excluding diaryl/α,β-unsaturated/α-hetero) is 1. The van der Waals surface area contributed by atoms with E-state index in [0.29, 0.717) is 19.6 Å². The van der Waals surface area contributed by atoms with Crippen molar-refractivity contribution in [2.45, 2.75) is 50.2 Å². The topological polar surface area (TPSA) is 72.5 Å². The number of hydrogen-bond donors (Lipinski definition) is 1.